The van der Waals surface area contributed by atoms with E-state index in [-0.39, 0.29) is 56.2 Å². The number of nitrogens with two attached hydrogens (primary N) is 1. The summed E-state index contributed by atoms with van der Waals surface area (Å²) in [6, 6.07) is -0.652. The highest BCUT2D eigenvalue weighted by Crippen LogP contribution is 2.37. The molecule has 2 rings (SSSR count). The summed E-state index contributed by atoms with van der Waals surface area (Å²) < 4.78 is 15.7. The lowest BCUT2D eigenvalue weighted by atomic mass is 10.00. The van der Waals surface area contributed by atoms with E-state index in [1.807, 2.05) is 13.8 Å². The minimum atomic E-state index is -4.79. The largest absolute Gasteiger partial charge is 0.524 e. The Bertz CT molecular complexity index is 1530. The lowest BCUT2D eigenvalue weighted by Crippen LogP contribution is -2.59. The maximum absolute atomic E-state index is 14.0. The number of likely N-dealkylation sites (tertiary alicyclic amines) is 1. The van der Waals surface area contributed by atoms with Gasteiger partial charge in [0.15, 0.2) is 0 Å². The molecule has 1 fully saturated rings. The number of rotatable bonds is 19. The first kappa shape index (κ1) is 44.6. The van der Waals surface area contributed by atoms with Crippen molar-refractivity contribution in [2.24, 2.45) is 11.7 Å². The third-order valence-electron chi connectivity index (χ3n) is 8.31. The van der Waals surface area contributed by atoms with Gasteiger partial charge in [-0.15, -0.1) is 0 Å². The van der Waals surface area contributed by atoms with Gasteiger partial charge in [-0.3, -0.25) is 43.3 Å². The molecule has 1 aromatic rings. The van der Waals surface area contributed by atoms with E-state index in [9.17, 15) is 43.2 Å². The van der Waals surface area contributed by atoms with E-state index in [0.717, 1.165) is 0 Å². The first-order chi connectivity index (χ1) is 24.6. The van der Waals surface area contributed by atoms with Crippen LogP contribution in [0, 0.1) is 5.92 Å². The van der Waals surface area contributed by atoms with Gasteiger partial charge in [-0.1, -0.05) is 26.0 Å². The number of primary amides is 1. The molecule has 0 saturated carbocycles. The van der Waals surface area contributed by atoms with Crippen LogP contribution in [0.1, 0.15) is 65.4 Å². The molecule has 6 atom stereocenters. The van der Waals surface area contributed by atoms with Gasteiger partial charge < -0.3 is 46.4 Å². The molecule has 0 radical (unpaired) electrons. The SMILES string of the molecule is CC(=O)N[C@@H](Cc1ccc(OP(=O)(O)O)cc1)C(=O)N[C@@H](CC(C)C)C(=O)N1CCC[C@H]1C(=O)N[C@@H](CCC(=O)N(C)C)C(=O)N[C@H](C(N)=O)C(C)O. The Labute approximate surface area is 308 Å². The van der Waals surface area contributed by atoms with E-state index in [2.05, 4.69) is 25.8 Å². The van der Waals surface area contributed by atoms with Crippen LogP contribution in [-0.4, -0.2) is 123 Å². The second kappa shape index (κ2) is 20.0. The van der Waals surface area contributed by atoms with E-state index >= 15 is 0 Å². The molecule has 0 aliphatic carbocycles. The van der Waals surface area contributed by atoms with Gasteiger partial charge in [-0.05, 0) is 56.2 Å². The van der Waals surface area contributed by atoms with Crippen LogP contribution in [0.25, 0.3) is 0 Å². The molecule has 0 bridgehead atoms. The number of aliphatic hydroxyl groups excluding tert-OH is 1. The maximum Gasteiger partial charge on any atom is 0.524 e. The molecule has 1 heterocycles. The van der Waals surface area contributed by atoms with Gasteiger partial charge in [-0.25, -0.2) is 4.57 Å². The molecule has 9 N–H and O–H groups in total. The summed E-state index contributed by atoms with van der Waals surface area (Å²) in [6.45, 7) is 6.28. The Morgan fingerprint density at radius 1 is 0.943 bits per heavy atom. The average molecular weight is 770 g/mol. The summed E-state index contributed by atoms with van der Waals surface area (Å²) in [5, 5.41) is 20.1. The Kier molecular flexibility index (Phi) is 16.8. The van der Waals surface area contributed by atoms with Crippen molar-refractivity contribution in [1.29, 1.82) is 0 Å². The number of carbonyl (C=O) groups is 7. The van der Waals surface area contributed by atoms with E-state index in [0.29, 0.717) is 12.0 Å². The zero-order chi connectivity index (χ0) is 40.2. The molecule has 0 aromatic heterocycles. The number of benzene rings is 1. The van der Waals surface area contributed by atoms with Crippen molar-refractivity contribution >= 4 is 49.2 Å². The number of carbonyl (C=O) groups excluding carboxylic acids is 7. The highest BCUT2D eigenvalue weighted by molar-refractivity contribution is 7.46. The normalized spacial score (nSPS) is 17.1. The van der Waals surface area contributed by atoms with Gasteiger partial charge in [0.1, 0.15) is 36.0 Å². The predicted octanol–water partition coefficient (Wildman–Crippen LogP) is -1.57. The molecule has 53 heavy (non-hydrogen) atoms. The molecule has 7 amide bonds. The van der Waals surface area contributed by atoms with E-state index in [1.165, 1.54) is 62.0 Å². The zero-order valence-electron chi connectivity index (χ0n) is 30.7. The minimum Gasteiger partial charge on any atom is -0.404 e. The number of amides is 7. The topological polar surface area (TPSA) is 287 Å². The van der Waals surface area contributed by atoms with Gasteiger partial charge in [0.2, 0.25) is 41.4 Å². The van der Waals surface area contributed by atoms with Crippen molar-refractivity contribution in [3.05, 3.63) is 29.8 Å². The number of hydrogen-bond donors (Lipinski definition) is 8. The lowest BCUT2D eigenvalue weighted by molar-refractivity contribution is -0.143. The molecule has 20 heteroatoms. The Morgan fingerprint density at radius 3 is 2.06 bits per heavy atom. The fourth-order valence-corrected chi connectivity index (χ4v) is 6.09. The van der Waals surface area contributed by atoms with Gasteiger partial charge in [0.25, 0.3) is 0 Å². The van der Waals surface area contributed by atoms with Gasteiger partial charge in [0, 0.05) is 40.4 Å². The maximum atomic E-state index is 14.0. The summed E-state index contributed by atoms with van der Waals surface area (Å²) in [6.07, 6.45) is -0.919. The van der Waals surface area contributed by atoms with Gasteiger partial charge in [-0.2, -0.15) is 0 Å². The van der Waals surface area contributed by atoms with Crippen LogP contribution in [0.5, 0.6) is 5.75 Å². The Balaban J connectivity index is 2.29. The fraction of sp³-hybridized carbons (Fsp3) is 0.606. The van der Waals surface area contributed by atoms with Crippen LogP contribution < -0.4 is 31.5 Å². The van der Waals surface area contributed by atoms with Crippen LogP contribution in [0.2, 0.25) is 0 Å². The lowest BCUT2D eigenvalue weighted by Gasteiger charge is -2.31. The number of phosphoric acid groups is 1. The third-order valence-corrected chi connectivity index (χ3v) is 8.76. The van der Waals surface area contributed by atoms with Crippen molar-refractivity contribution in [3.63, 3.8) is 0 Å². The van der Waals surface area contributed by atoms with Crippen LogP contribution in [0.3, 0.4) is 0 Å². The van der Waals surface area contributed by atoms with Gasteiger partial charge >= 0.3 is 7.82 Å². The molecule has 1 aliphatic heterocycles. The van der Waals surface area contributed by atoms with Crippen molar-refractivity contribution in [1.82, 2.24) is 31.1 Å². The second-order valence-electron chi connectivity index (χ2n) is 13.6. The number of phosphoric ester groups is 1. The highest BCUT2D eigenvalue weighted by Gasteiger charge is 2.40. The van der Waals surface area contributed by atoms with Crippen molar-refractivity contribution in [2.75, 3.05) is 20.6 Å². The number of hydrogen-bond acceptors (Lipinski definition) is 10. The summed E-state index contributed by atoms with van der Waals surface area (Å²) >= 11 is 0. The first-order valence-electron chi connectivity index (χ1n) is 17.1. The summed E-state index contributed by atoms with van der Waals surface area (Å²) in [5.74, 6) is -4.95. The van der Waals surface area contributed by atoms with E-state index in [1.54, 1.807) is 0 Å². The second-order valence-corrected chi connectivity index (χ2v) is 14.7. The van der Waals surface area contributed by atoms with Crippen molar-refractivity contribution in [3.8, 4) is 5.75 Å². The predicted molar refractivity (Wildman–Crippen MR) is 189 cm³/mol. The molecule has 1 saturated heterocycles. The summed E-state index contributed by atoms with van der Waals surface area (Å²) in [7, 11) is -1.76. The smallest absolute Gasteiger partial charge is 0.404 e. The van der Waals surface area contributed by atoms with Crippen LogP contribution >= 0.6 is 7.82 Å². The number of nitrogens with one attached hydrogen (secondary N) is 4. The molecule has 1 aliphatic rings. The number of nitrogens with zero attached hydrogens (tertiary/aromatic N) is 2. The third kappa shape index (κ3) is 14.8. The molecule has 0 spiro atoms. The molecule has 1 aromatic carbocycles. The van der Waals surface area contributed by atoms with Crippen molar-refractivity contribution in [2.45, 2.75) is 103 Å². The minimum absolute atomic E-state index is 0.0512. The van der Waals surface area contributed by atoms with Gasteiger partial charge in [0.05, 0.1) is 6.10 Å². The first-order valence-corrected chi connectivity index (χ1v) is 18.6. The summed E-state index contributed by atoms with van der Waals surface area (Å²) in [4.78, 5) is 112. The highest BCUT2D eigenvalue weighted by atomic mass is 31.2. The average Bonchev–Trinajstić information content (AvgIpc) is 3.54. The Hall–Kier alpha value is -4.58. The molecular formula is C33H52N7O12P. The van der Waals surface area contributed by atoms with E-state index in [4.69, 9.17) is 15.5 Å². The molecule has 19 nitrogen and oxygen atoms in total. The monoisotopic (exact) mass is 769 g/mol. The van der Waals surface area contributed by atoms with Crippen molar-refractivity contribution < 1.29 is 57.5 Å². The standard InChI is InChI=1S/C33H52N7O12P/c1-18(2)16-25(37-31(46)24(35-20(4)42)17-21-9-11-22(12-10-21)52-53(49,50)51)33(48)40-15-7-8-26(40)32(47)36-23(13-14-27(43)39(5)6)30(45)38-28(19(3)41)29(34)44/h9-12,18-19,23-26,28,41H,7-8,13-17H2,1-6H3,(H2,34,44)(H,35,42)(H,36,47)(H,37,46)(H,38,45)(H2,49,50,51)/t19?,23-,24-,25-,26-,28-/m0/s1. The molecule has 296 valence electrons. The fourth-order valence-electron chi connectivity index (χ4n) is 5.69. The quantitative estimate of drug-likeness (QED) is 0.0741. The van der Waals surface area contributed by atoms with Crippen LogP contribution in [0.15, 0.2) is 24.3 Å². The van der Waals surface area contributed by atoms with E-state index < -0.39 is 79.6 Å². The zero-order valence-corrected chi connectivity index (χ0v) is 31.6. The summed E-state index contributed by atoms with van der Waals surface area (Å²) in [5.41, 5.74) is 5.82. The number of aliphatic hydroxyl groups is 1. The molecule has 1 unspecified atom stereocenters. The Morgan fingerprint density at radius 2 is 1.55 bits per heavy atom. The van der Waals surface area contributed by atoms with Crippen LogP contribution in [-0.2, 0) is 44.5 Å². The van der Waals surface area contributed by atoms with Crippen LogP contribution in [0.4, 0.5) is 0 Å². The molecular weight excluding hydrogens is 717 g/mol.